The maximum Gasteiger partial charge on any atom is 0.317 e. The highest BCUT2D eigenvalue weighted by molar-refractivity contribution is 5.69. The maximum absolute atomic E-state index is 10.8. The summed E-state index contributed by atoms with van der Waals surface area (Å²) in [5.74, 6) is 0.179. The summed E-state index contributed by atoms with van der Waals surface area (Å²) in [6.45, 7) is 3.37. The minimum atomic E-state index is -0.742. The fourth-order valence-corrected chi connectivity index (χ4v) is 3.26. The molecule has 1 fully saturated rings. The van der Waals surface area contributed by atoms with Crippen molar-refractivity contribution < 1.29 is 14.6 Å². The molecule has 0 amide bonds. The number of carboxylic acids is 1. The molecule has 1 saturated heterocycles. The number of piperidine rings is 1. The monoisotopic (exact) mass is 320 g/mol. The first-order chi connectivity index (χ1) is 11.1. The lowest BCUT2D eigenvalue weighted by molar-refractivity contribution is -0.138. The van der Waals surface area contributed by atoms with E-state index >= 15 is 0 Å². The quantitative estimate of drug-likeness (QED) is 0.795. The van der Waals surface area contributed by atoms with Crippen LogP contribution in [0.15, 0.2) is 24.3 Å². The standard InChI is InChI=1S/C18H28N2O3/c1-19(14-18(21)22)16-8-11-20(12-9-16)10-4-6-15-5-3-7-17(13-15)23-2/h3,5,7,13,16H,4,6,8-12,14H2,1-2H3,(H,21,22). The number of rotatable bonds is 8. The lowest BCUT2D eigenvalue weighted by Gasteiger charge is -2.36. The maximum atomic E-state index is 10.8. The molecular formula is C18H28N2O3. The summed E-state index contributed by atoms with van der Waals surface area (Å²) < 4.78 is 5.26. The third-order valence-corrected chi connectivity index (χ3v) is 4.64. The van der Waals surface area contributed by atoms with E-state index < -0.39 is 5.97 Å². The molecule has 5 nitrogen and oxygen atoms in total. The van der Waals surface area contributed by atoms with Gasteiger partial charge < -0.3 is 14.7 Å². The van der Waals surface area contributed by atoms with Crippen molar-refractivity contribution in [3.8, 4) is 5.75 Å². The molecule has 1 N–H and O–H groups in total. The van der Waals surface area contributed by atoms with Crippen LogP contribution < -0.4 is 4.74 Å². The lowest BCUT2D eigenvalue weighted by atomic mass is 10.0. The first-order valence-corrected chi connectivity index (χ1v) is 8.36. The summed E-state index contributed by atoms with van der Waals surface area (Å²) in [5, 5.41) is 8.87. The van der Waals surface area contributed by atoms with Gasteiger partial charge in [0.1, 0.15) is 5.75 Å². The van der Waals surface area contributed by atoms with E-state index in [1.54, 1.807) is 7.11 Å². The van der Waals surface area contributed by atoms with Crippen molar-refractivity contribution in [2.45, 2.75) is 31.7 Å². The van der Waals surface area contributed by atoms with Gasteiger partial charge in [-0.15, -0.1) is 0 Å². The van der Waals surface area contributed by atoms with Gasteiger partial charge >= 0.3 is 5.97 Å². The number of benzene rings is 1. The molecule has 0 aliphatic carbocycles. The van der Waals surface area contributed by atoms with Crippen LogP contribution in [-0.4, -0.2) is 67.3 Å². The van der Waals surface area contributed by atoms with Gasteiger partial charge in [-0.05, 0) is 70.1 Å². The first kappa shape index (κ1) is 17.8. The van der Waals surface area contributed by atoms with Crippen molar-refractivity contribution in [1.29, 1.82) is 0 Å². The summed E-state index contributed by atoms with van der Waals surface area (Å²) in [7, 11) is 3.61. The Kier molecular flexibility index (Phi) is 6.86. The van der Waals surface area contributed by atoms with Gasteiger partial charge in [0.2, 0.25) is 0 Å². The van der Waals surface area contributed by atoms with E-state index in [0.29, 0.717) is 6.04 Å². The summed E-state index contributed by atoms with van der Waals surface area (Å²) in [4.78, 5) is 15.2. The average Bonchev–Trinajstić information content (AvgIpc) is 2.55. The van der Waals surface area contributed by atoms with E-state index in [-0.39, 0.29) is 6.54 Å². The zero-order valence-electron chi connectivity index (χ0n) is 14.2. The molecule has 23 heavy (non-hydrogen) atoms. The zero-order valence-corrected chi connectivity index (χ0v) is 14.2. The van der Waals surface area contributed by atoms with Crippen molar-refractivity contribution in [2.75, 3.05) is 40.3 Å². The molecule has 0 spiro atoms. The summed E-state index contributed by atoms with van der Waals surface area (Å²) in [6.07, 6.45) is 4.32. The normalized spacial score (nSPS) is 16.7. The Morgan fingerprint density at radius 1 is 1.39 bits per heavy atom. The van der Waals surface area contributed by atoms with Crippen LogP contribution in [0, 0.1) is 0 Å². The summed E-state index contributed by atoms with van der Waals surface area (Å²) in [6, 6.07) is 8.67. The predicted octanol–water partition coefficient (Wildman–Crippen LogP) is 2.11. The van der Waals surface area contributed by atoms with Crippen molar-refractivity contribution in [2.24, 2.45) is 0 Å². The SMILES string of the molecule is COc1cccc(CCCN2CCC(N(C)CC(=O)O)CC2)c1. The van der Waals surface area contributed by atoms with Crippen molar-refractivity contribution in [3.63, 3.8) is 0 Å². The number of hydrogen-bond acceptors (Lipinski definition) is 4. The van der Waals surface area contributed by atoms with Gasteiger partial charge in [-0.25, -0.2) is 0 Å². The Balaban J connectivity index is 1.67. The van der Waals surface area contributed by atoms with Crippen LogP contribution >= 0.6 is 0 Å². The van der Waals surface area contributed by atoms with E-state index in [4.69, 9.17) is 9.84 Å². The molecule has 1 aromatic carbocycles. The second-order valence-corrected chi connectivity index (χ2v) is 6.34. The number of ether oxygens (including phenoxy) is 1. The molecule has 1 heterocycles. The van der Waals surface area contributed by atoms with Crippen LogP contribution in [0.1, 0.15) is 24.8 Å². The molecule has 2 rings (SSSR count). The lowest BCUT2D eigenvalue weighted by Crippen LogP contribution is -2.45. The minimum absolute atomic E-state index is 0.139. The third-order valence-electron chi connectivity index (χ3n) is 4.64. The Morgan fingerprint density at radius 2 is 2.13 bits per heavy atom. The molecule has 0 radical (unpaired) electrons. The number of methoxy groups -OCH3 is 1. The van der Waals surface area contributed by atoms with Gasteiger partial charge in [0.15, 0.2) is 0 Å². The third kappa shape index (κ3) is 5.84. The van der Waals surface area contributed by atoms with Gasteiger partial charge in [0.25, 0.3) is 0 Å². The van der Waals surface area contributed by atoms with Gasteiger partial charge in [0.05, 0.1) is 13.7 Å². The fourth-order valence-electron chi connectivity index (χ4n) is 3.26. The molecule has 0 unspecified atom stereocenters. The second-order valence-electron chi connectivity index (χ2n) is 6.34. The zero-order chi connectivity index (χ0) is 16.7. The molecule has 0 aromatic heterocycles. The van der Waals surface area contributed by atoms with Gasteiger partial charge in [-0.2, -0.15) is 0 Å². The van der Waals surface area contributed by atoms with Crippen molar-refractivity contribution in [1.82, 2.24) is 9.80 Å². The summed E-state index contributed by atoms with van der Waals surface area (Å²) >= 11 is 0. The van der Waals surface area contributed by atoms with Gasteiger partial charge in [-0.1, -0.05) is 12.1 Å². The number of likely N-dealkylation sites (tertiary alicyclic amines) is 1. The summed E-state index contributed by atoms with van der Waals surface area (Å²) in [5.41, 5.74) is 1.32. The molecular weight excluding hydrogens is 292 g/mol. The molecule has 5 heteroatoms. The largest absolute Gasteiger partial charge is 0.497 e. The second kappa shape index (κ2) is 8.89. The van der Waals surface area contributed by atoms with Crippen LogP contribution in [0.3, 0.4) is 0 Å². The number of likely N-dealkylation sites (N-methyl/N-ethyl adjacent to an activating group) is 1. The highest BCUT2D eigenvalue weighted by Gasteiger charge is 2.23. The molecule has 1 aromatic rings. The van der Waals surface area contributed by atoms with Crippen molar-refractivity contribution in [3.05, 3.63) is 29.8 Å². The Morgan fingerprint density at radius 3 is 2.78 bits per heavy atom. The van der Waals surface area contributed by atoms with Crippen LogP contribution in [0.2, 0.25) is 0 Å². The molecule has 0 atom stereocenters. The number of nitrogens with zero attached hydrogens (tertiary/aromatic N) is 2. The van der Waals surface area contributed by atoms with E-state index in [1.165, 1.54) is 5.56 Å². The smallest absolute Gasteiger partial charge is 0.317 e. The topological polar surface area (TPSA) is 53.0 Å². The number of aliphatic carboxylic acids is 1. The van der Waals surface area contributed by atoms with Crippen LogP contribution in [0.25, 0.3) is 0 Å². The fraction of sp³-hybridized carbons (Fsp3) is 0.611. The highest BCUT2D eigenvalue weighted by Crippen LogP contribution is 2.17. The molecule has 1 aliphatic heterocycles. The Bertz CT molecular complexity index is 499. The van der Waals surface area contributed by atoms with Crippen LogP contribution in [0.4, 0.5) is 0 Å². The molecule has 128 valence electrons. The number of aryl methyl sites for hydroxylation is 1. The first-order valence-electron chi connectivity index (χ1n) is 8.36. The van der Waals surface area contributed by atoms with Crippen molar-refractivity contribution >= 4 is 5.97 Å². The van der Waals surface area contributed by atoms with E-state index in [0.717, 1.165) is 51.1 Å². The Hall–Kier alpha value is -1.59. The van der Waals surface area contributed by atoms with Crippen LogP contribution in [-0.2, 0) is 11.2 Å². The Labute approximate surface area is 138 Å². The van der Waals surface area contributed by atoms with E-state index in [2.05, 4.69) is 17.0 Å². The van der Waals surface area contributed by atoms with E-state index in [9.17, 15) is 4.79 Å². The minimum Gasteiger partial charge on any atom is -0.497 e. The predicted molar refractivity (Wildman–Crippen MR) is 91.0 cm³/mol. The number of hydrogen-bond donors (Lipinski definition) is 1. The number of carboxylic acid groups (broad SMARTS) is 1. The molecule has 0 saturated carbocycles. The highest BCUT2D eigenvalue weighted by atomic mass is 16.5. The van der Waals surface area contributed by atoms with Crippen LogP contribution in [0.5, 0.6) is 5.75 Å². The average molecular weight is 320 g/mol. The van der Waals surface area contributed by atoms with Gasteiger partial charge in [0, 0.05) is 6.04 Å². The molecule has 1 aliphatic rings. The number of carbonyl (C=O) groups is 1. The van der Waals surface area contributed by atoms with Gasteiger partial charge in [-0.3, -0.25) is 9.69 Å². The molecule has 0 bridgehead atoms. The van der Waals surface area contributed by atoms with E-state index in [1.807, 2.05) is 24.1 Å².